The Balaban J connectivity index is 2.26. The summed E-state index contributed by atoms with van der Waals surface area (Å²) in [5.41, 5.74) is 6.92. The maximum Gasteiger partial charge on any atom is 0.123 e. The molecule has 1 heterocycles. The van der Waals surface area contributed by atoms with Crippen LogP contribution in [0.4, 0.5) is 4.39 Å². The molecule has 0 aliphatic carbocycles. The fourth-order valence-corrected chi connectivity index (χ4v) is 3.45. The van der Waals surface area contributed by atoms with Gasteiger partial charge in [-0.3, -0.25) is 9.80 Å². The summed E-state index contributed by atoms with van der Waals surface area (Å²) in [5, 5.41) is 0. The van der Waals surface area contributed by atoms with Gasteiger partial charge in [0.25, 0.3) is 0 Å². The second kappa shape index (κ2) is 6.52. The highest BCUT2D eigenvalue weighted by Gasteiger charge is 2.31. The number of benzene rings is 1. The minimum Gasteiger partial charge on any atom is -0.329 e. The molecule has 3 nitrogen and oxygen atoms in total. The maximum absolute atomic E-state index is 13.5. The predicted molar refractivity (Wildman–Crippen MR) is 84.2 cm³/mol. The Morgan fingerprint density at radius 1 is 1.35 bits per heavy atom. The van der Waals surface area contributed by atoms with Crippen molar-refractivity contribution in [3.05, 3.63) is 34.1 Å². The molecule has 0 bridgehead atoms. The molecule has 1 aliphatic rings. The lowest BCUT2D eigenvalue weighted by Gasteiger charge is -2.45. The van der Waals surface area contributed by atoms with E-state index in [0.29, 0.717) is 18.6 Å². The monoisotopic (exact) mass is 343 g/mol. The summed E-state index contributed by atoms with van der Waals surface area (Å²) in [5.74, 6) is -0.211. The third-order valence-corrected chi connectivity index (χ3v) is 5.09. The summed E-state index contributed by atoms with van der Waals surface area (Å²) >= 11 is 3.52. The van der Waals surface area contributed by atoms with Gasteiger partial charge in [-0.25, -0.2) is 4.39 Å². The highest BCUT2D eigenvalue weighted by molar-refractivity contribution is 9.10. The number of halogens is 2. The van der Waals surface area contributed by atoms with E-state index in [2.05, 4.69) is 46.6 Å². The van der Waals surface area contributed by atoms with Crippen LogP contribution in [-0.4, -0.2) is 48.6 Å². The highest BCUT2D eigenvalue weighted by Crippen LogP contribution is 2.30. The number of piperazine rings is 1. The van der Waals surface area contributed by atoms with Crippen molar-refractivity contribution in [2.45, 2.75) is 32.0 Å². The third kappa shape index (κ3) is 3.22. The normalized spacial score (nSPS) is 26.7. The van der Waals surface area contributed by atoms with Crippen molar-refractivity contribution in [1.82, 2.24) is 9.80 Å². The summed E-state index contributed by atoms with van der Waals surface area (Å²) < 4.78 is 14.5. The lowest BCUT2D eigenvalue weighted by molar-refractivity contribution is 0.0349. The van der Waals surface area contributed by atoms with Crippen molar-refractivity contribution in [3.8, 4) is 0 Å². The summed E-state index contributed by atoms with van der Waals surface area (Å²) in [6.45, 7) is 6.83. The van der Waals surface area contributed by atoms with E-state index in [0.717, 1.165) is 23.1 Å². The zero-order valence-electron chi connectivity index (χ0n) is 12.3. The Kier molecular flexibility index (Phi) is 5.18. The zero-order chi connectivity index (χ0) is 14.9. The number of nitrogens with zero attached hydrogens (tertiary/aromatic N) is 2. The van der Waals surface area contributed by atoms with Crippen LogP contribution >= 0.6 is 15.9 Å². The molecule has 5 heteroatoms. The van der Waals surface area contributed by atoms with E-state index in [-0.39, 0.29) is 11.9 Å². The number of rotatable bonds is 3. The van der Waals surface area contributed by atoms with Gasteiger partial charge in [-0.05, 0) is 44.7 Å². The molecule has 0 aromatic heterocycles. The molecule has 1 aromatic carbocycles. The van der Waals surface area contributed by atoms with E-state index in [1.54, 1.807) is 12.1 Å². The van der Waals surface area contributed by atoms with Gasteiger partial charge in [0.05, 0.1) is 0 Å². The van der Waals surface area contributed by atoms with E-state index in [9.17, 15) is 4.39 Å². The minimum atomic E-state index is -0.211. The van der Waals surface area contributed by atoms with Gasteiger partial charge in [0, 0.05) is 42.2 Å². The van der Waals surface area contributed by atoms with Gasteiger partial charge >= 0.3 is 0 Å². The van der Waals surface area contributed by atoms with Gasteiger partial charge in [-0.2, -0.15) is 0 Å². The molecule has 1 aromatic rings. The lowest BCUT2D eigenvalue weighted by atomic mass is 10.0. The standard InChI is InChI=1S/C15H23BrFN3/c1-10-8-20(9-11(2)19(10)3)15(7-18)13-6-12(17)4-5-14(13)16/h4-6,10-11,15H,7-9,18H2,1-3H3. The molecule has 3 unspecified atom stereocenters. The molecule has 1 aliphatic heterocycles. The van der Waals surface area contributed by atoms with E-state index in [4.69, 9.17) is 5.73 Å². The van der Waals surface area contributed by atoms with Gasteiger partial charge in [0.2, 0.25) is 0 Å². The molecule has 2 rings (SSSR count). The van der Waals surface area contributed by atoms with Crippen LogP contribution in [0.25, 0.3) is 0 Å². The summed E-state index contributed by atoms with van der Waals surface area (Å²) in [6, 6.07) is 5.82. The van der Waals surface area contributed by atoms with Gasteiger partial charge in [0.1, 0.15) is 5.82 Å². The fraction of sp³-hybridized carbons (Fsp3) is 0.600. The summed E-state index contributed by atoms with van der Waals surface area (Å²) in [4.78, 5) is 4.75. The van der Waals surface area contributed by atoms with Crippen LogP contribution in [0.3, 0.4) is 0 Å². The van der Waals surface area contributed by atoms with Crippen LogP contribution in [0, 0.1) is 5.82 Å². The van der Waals surface area contributed by atoms with Gasteiger partial charge < -0.3 is 5.73 Å². The number of nitrogens with two attached hydrogens (primary N) is 1. The van der Waals surface area contributed by atoms with Gasteiger partial charge in [-0.1, -0.05) is 15.9 Å². The number of hydrogen-bond donors (Lipinski definition) is 1. The van der Waals surface area contributed by atoms with E-state index < -0.39 is 0 Å². The van der Waals surface area contributed by atoms with E-state index in [1.807, 2.05) is 0 Å². The second-order valence-corrected chi connectivity index (χ2v) is 6.59. The summed E-state index contributed by atoms with van der Waals surface area (Å²) in [6.07, 6.45) is 0. The first-order valence-electron chi connectivity index (χ1n) is 7.05. The Bertz CT molecular complexity index is 456. The molecule has 0 amide bonds. The predicted octanol–water partition coefficient (Wildman–Crippen LogP) is 2.61. The van der Waals surface area contributed by atoms with Crippen LogP contribution in [-0.2, 0) is 0 Å². The Hall–Kier alpha value is -0.490. The van der Waals surface area contributed by atoms with Crippen molar-refractivity contribution in [2.24, 2.45) is 5.73 Å². The van der Waals surface area contributed by atoms with Gasteiger partial charge in [-0.15, -0.1) is 0 Å². The minimum absolute atomic E-state index is 0.0543. The summed E-state index contributed by atoms with van der Waals surface area (Å²) in [7, 11) is 2.15. The average Bonchev–Trinajstić information content (AvgIpc) is 2.40. The number of likely N-dealkylation sites (N-methyl/N-ethyl adjacent to an activating group) is 1. The van der Waals surface area contributed by atoms with Crippen LogP contribution in [0.2, 0.25) is 0 Å². The maximum atomic E-state index is 13.5. The van der Waals surface area contributed by atoms with E-state index >= 15 is 0 Å². The third-order valence-electron chi connectivity index (χ3n) is 4.37. The topological polar surface area (TPSA) is 32.5 Å². The molecule has 0 radical (unpaired) electrons. The fourth-order valence-electron chi connectivity index (χ4n) is 2.94. The molecule has 1 saturated heterocycles. The van der Waals surface area contributed by atoms with Gasteiger partial charge in [0.15, 0.2) is 0 Å². The molecule has 0 spiro atoms. The van der Waals surface area contributed by atoms with Crippen molar-refractivity contribution >= 4 is 15.9 Å². The average molecular weight is 344 g/mol. The molecule has 0 saturated carbocycles. The molecule has 112 valence electrons. The van der Waals surface area contributed by atoms with Crippen molar-refractivity contribution in [3.63, 3.8) is 0 Å². The first-order chi connectivity index (χ1) is 9.43. The largest absolute Gasteiger partial charge is 0.329 e. The molecule has 20 heavy (non-hydrogen) atoms. The first kappa shape index (κ1) is 15.9. The van der Waals surface area contributed by atoms with Crippen molar-refractivity contribution < 1.29 is 4.39 Å². The van der Waals surface area contributed by atoms with Crippen LogP contribution in [0.15, 0.2) is 22.7 Å². The Morgan fingerprint density at radius 2 is 1.95 bits per heavy atom. The molecular formula is C15H23BrFN3. The molecular weight excluding hydrogens is 321 g/mol. The van der Waals surface area contributed by atoms with Crippen molar-refractivity contribution in [1.29, 1.82) is 0 Å². The Labute approximate surface area is 129 Å². The molecule has 1 fully saturated rings. The SMILES string of the molecule is CC1CN(C(CN)c2cc(F)ccc2Br)CC(C)N1C. The zero-order valence-corrected chi connectivity index (χ0v) is 13.9. The number of hydrogen-bond acceptors (Lipinski definition) is 3. The molecule has 2 N–H and O–H groups in total. The van der Waals surface area contributed by atoms with Crippen LogP contribution in [0.5, 0.6) is 0 Å². The Morgan fingerprint density at radius 3 is 2.50 bits per heavy atom. The van der Waals surface area contributed by atoms with Crippen LogP contribution < -0.4 is 5.73 Å². The quantitative estimate of drug-likeness (QED) is 0.915. The molecule has 3 atom stereocenters. The van der Waals surface area contributed by atoms with Crippen molar-refractivity contribution in [2.75, 3.05) is 26.7 Å². The second-order valence-electron chi connectivity index (χ2n) is 5.73. The lowest BCUT2D eigenvalue weighted by Crippen LogP contribution is -2.56. The van der Waals surface area contributed by atoms with Crippen LogP contribution in [0.1, 0.15) is 25.5 Å². The highest BCUT2D eigenvalue weighted by atomic mass is 79.9. The smallest absolute Gasteiger partial charge is 0.123 e. The van der Waals surface area contributed by atoms with E-state index in [1.165, 1.54) is 6.07 Å². The first-order valence-corrected chi connectivity index (χ1v) is 7.84.